The summed E-state index contributed by atoms with van der Waals surface area (Å²) >= 11 is 0. The van der Waals surface area contributed by atoms with E-state index in [9.17, 15) is 0 Å². The zero-order chi connectivity index (χ0) is 13.4. The summed E-state index contributed by atoms with van der Waals surface area (Å²) < 4.78 is 5.63. The molecule has 110 valence electrons. The molecular formula is C14H25ClN2O2. The average molecular weight is 289 g/mol. The SMILES string of the molecule is CN(C)CCCOc1ccc(C(N)CCO)cc1.Cl. The molecule has 0 aliphatic rings. The fourth-order valence-electron chi connectivity index (χ4n) is 1.69. The lowest BCUT2D eigenvalue weighted by atomic mass is 10.1. The molecule has 0 saturated carbocycles. The lowest BCUT2D eigenvalue weighted by molar-refractivity contribution is 0.276. The minimum absolute atomic E-state index is 0. The van der Waals surface area contributed by atoms with E-state index in [0.717, 1.165) is 30.9 Å². The van der Waals surface area contributed by atoms with Crippen molar-refractivity contribution < 1.29 is 9.84 Å². The Balaban J connectivity index is 0.00000324. The molecule has 1 unspecified atom stereocenters. The van der Waals surface area contributed by atoms with Gasteiger partial charge in [0, 0.05) is 19.2 Å². The van der Waals surface area contributed by atoms with E-state index in [4.69, 9.17) is 15.6 Å². The van der Waals surface area contributed by atoms with Crippen molar-refractivity contribution in [3.05, 3.63) is 29.8 Å². The molecule has 4 nitrogen and oxygen atoms in total. The first-order valence-electron chi connectivity index (χ1n) is 6.37. The van der Waals surface area contributed by atoms with E-state index >= 15 is 0 Å². The van der Waals surface area contributed by atoms with E-state index in [-0.39, 0.29) is 25.1 Å². The van der Waals surface area contributed by atoms with Crippen LogP contribution in [0.15, 0.2) is 24.3 Å². The monoisotopic (exact) mass is 288 g/mol. The number of nitrogens with two attached hydrogens (primary N) is 1. The van der Waals surface area contributed by atoms with Gasteiger partial charge in [-0.15, -0.1) is 12.4 Å². The molecule has 0 aromatic heterocycles. The first-order valence-corrected chi connectivity index (χ1v) is 6.37. The second kappa shape index (κ2) is 10.0. The molecule has 0 radical (unpaired) electrons. The van der Waals surface area contributed by atoms with E-state index in [0.29, 0.717) is 6.42 Å². The normalized spacial score (nSPS) is 12.1. The predicted octanol–water partition coefficient (Wildman–Crippen LogP) is 1.82. The fraction of sp³-hybridized carbons (Fsp3) is 0.571. The van der Waals surface area contributed by atoms with E-state index < -0.39 is 0 Å². The predicted molar refractivity (Wildman–Crippen MR) is 81.0 cm³/mol. The van der Waals surface area contributed by atoms with E-state index in [1.165, 1.54) is 0 Å². The van der Waals surface area contributed by atoms with Crippen LogP contribution in [-0.2, 0) is 0 Å². The number of aliphatic hydroxyl groups excluding tert-OH is 1. The first kappa shape index (κ1) is 18.2. The molecule has 5 heteroatoms. The molecule has 1 aromatic rings. The number of hydrogen-bond acceptors (Lipinski definition) is 4. The zero-order valence-electron chi connectivity index (χ0n) is 11.7. The molecule has 0 aliphatic carbocycles. The van der Waals surface area contributed by atoms with Crippen molar-refractivity contribution in [1.29, 1.82) is 0 Å². The number of ether oxygens (including phenoxy) is 1. The largest absolute Gasteiger partial charge is 0.494 e. The Morgan fingerprint density at radius 3 is 2.42 bits per heavy atom. The molecule has 3 N–H and O–H groups in total. The molecule has 0 fully saturated rings. The Morgan fingerprint density at radius 2 is 1.89 bits per heavy atom. The number of hydrogen-bond donors (Lipinski definition) is 2. The lowest BCUT2D eigenvalue weighted by Gasteiger charge is -2.12. The van der Waals surface area contributed by atoms with Crippen LogP contribution in [0.1, 0.15) is 24.4 Å². The molecule has 0 amide bonds. The third kappa shape index (κ3) is 7.38. The Labute approximate surface area is 122 Å². The van der Waals surface area contributed by atoms with Crippen molar-refractivity contribution in [3.63, 3.8) is 0 Å². The van der Waals surface area contributed by atoms with Crippen LogP contribution in [0.3, 0.4) is 0 Å². The average Bonchev–Trinajstić information content (AvgIpc) is 2.35. The van der Waals surface area contributed by atoms with Crippen molar-refractivity contribution >= 4 is 12.4 Å². The van der Waals surface area contributed by atoms with Gasteiger partial charge in [0.15, 0.2) is 0 Å². The highest BCUT2D eigenvalue weighted by atomic mass is 35.5. The maximum atomic E-state index is 8.83. The second-order valence-electron chi connectivity index (χ2n) is 4.69. The van der Waals surface area contributed by atoms with Crippen LogP contribution in [0, 0.1) is 0 Å². The highest BCUT2D eigenvalue weighted by Gasteiger charge is 2.04. The standard InChI is InChI=1S/C14H24N2O2.ClH/c1-16(2)9-3-11-18-13-6-4-12(5-7-13)14(15)8-10-17;/h4-7,14,17H,3,8-11,15H2,1-2H3;1H. The molecule has 1 aromatic carbocycles. The van der Waals surface area contributed by atoms with Crippen molar-refractivity contribution in [3.8, 4) is 5.75 Å². The molecule has 0 saturated heterocycles. The molecule has 0 aliphatic heterocycles. The summed E-state index contributed by atoms with van der Waals surface area (Å²) in [5.74, 6) is 0.869. The van der Waals surface area contributed by atoms with E-state index in [1.54, 1.807) is 0 Å². The highest BCUT2D eigenvalue weighted by molar-refractivity contribution is 5.85. The third-order valence-electron chi connectivity index (χ3n) is 2.77. The molecular weight excluding hydrogens is 264 g/mol. The molecule has 0 bridgehead atoms. The number of benzene rings is 1. The van der Waals surface area contributed by atoms with Crippen molar-refractivity contribution in [1.82, 2.24) is 4.90 Å². The summed E-state index contributed by atoms with van der Waals surface area (Å²) in [5.41, 5.74) is 6.94. The minimum Gasteiger partial charge on any atom is -0.494 e. The van der Waals surface area contributed by atoms with Gasteiger partial charge in [-0.2, -0.15) is 0 Å². The quantitative estimate of drug-likeness (QED) is 0.717. The number of aliphatic hydroxyl groups is 1. The molecule has 0 heterocycles. The minimum atomic E-state index is -0.0993. The van der Waals surface area contributed by atoms with Crippen LogP contribution in [0.25, 0.3) is 0 Å². The van der Waals surface area contributed by atoms with Gasteiger partial charge >= 0.3 is 0 Å². The third-order valence-corrected chi connectivity index (χ3v) is 2.77. The van der Waals surface area contributed by atoms with Crippen molar-refractivity contribution in [2.75, 3.05) is 33.9 Å². The second-order valence-corrected chi connectivity index (χ2v) is 4.69. The Kier molecular flexibility index (Phi) is 9.61. The van der Waals surface area contributed by atoms with Crippen LogP contribution < -0.4 is 10.5 Å². The highest BCUT2D eigenvalue weighted by Crippen LogP contribution is 2.18. The molecule has 19 heavy (non-hydrogen) atoms. The number of halogens is 1. The lowest BCUT2D eigenvalue weighted by Crippen LogP contribution is -2.15. The van der Waals surface area contributed by atoms with Gasteiger partial charge in [0.05, 0.1) is 6.61 Å². The van der Waals surface area contributed by atoms with Crippen LogP contribution in [-0.4, -0.2) is 43.9 Å². The summed E-state index contributed by atoms with van der Waals surface area (Å²) in [6.45, 7) is 1.86. The maximum absolute atomic E-state index is 8.83. The topological polar surface area (TPSA) is 58.7 Å². The van der Waals surface area contributed by atoms with Crippen molar-refractivity contribution in [2.24, 2.45) is 5.73 Å². The number of rotatable bonds is 8. The van der Waals surface area contributed by atoms with Crippen LogP contribution in [0.5, 0.6) is 5.75 Å². The first-order chi connectivity index (χ1) is 8.63. The summed E-state index contributed by atoms with van der Waals surface area (Å²) in [4.78, 5) is 2.14. The van der Waals surface area contributed by atoms with Gasteiger partial charge in [-0.1, -0.05) is 12.1 Å². The zero-order valence-corrected chi connectivity index (χ0v) is 12.5. The summed E-state index contributed by atoms with van der Waals surface area (Å²) in [5, 5.41) is 8.83. The fourth-order valence-corrected chi connectivity index (χ4v) is 1.69. The smallest absolute Gasteiger partial charge is 0.119 e. The Hall–Kier alpha value is -0.810. The van der Waals surface area contributed by atoms with E-state index in [2.05, 4.69) is 19.0 Å². The maximum Gasteiger partial charge on any atom is 0.119 e. The van der Waals surface area contributed by atoms with Gasteiger partial charge in [-0.3, -0.25) is 0 Å². The summed E-state index contributed by atoms with van der Waals surface area (Å²) in [7, 11) is 4.11. The van der Waals surface area contributed by atoms with Crippen LogP contribution in [0.4, 0.5) is 0 Å². The Bertz CT molecular complexity index is 331. The molecule has 1 rings (SSSR count). The van der Waals surface area contributed by atoms with Gasteiger partial charge in [0.2, 0.25) is 0 Å². The van der Waals surface area contributed by atoms with Crippen LogP contribution >= 0.6 is 12.4 Å². The van der Waals surface area contributed by atoms with Crippen LogP contribution in [0.2, 0.25) is 0 Å². The van der Waals surface area contributed by atoms with Gasteiger partial charge in [-0.05, 0) is 44.6 Å². The van der Waals surface area contributed by atoms with Crippen molar-refractivity contribution in [2.45, 2.75) is 18.9 Å². The Morgan fingerprint density at radius 1 is 1.26 bits per heavy atom. The van der Waals surface area contributed by atoms with Gasteiger partial charge in [-0.25, -0.2) is 0 Å². The molecule has 0 spiro atoms. The van der Waals surface area contributed by atoms with E-state index in [1.807, 2.05) is 24.3 Å². The summed E-state index contributed by atoms with van der Waals surface area (Å²) in [6.07, 6.45) is 1.60. The van der Waals surface area contributed by atoms with Gasteiger partial charge in [0.1, 0.15) is 5.75 Å². The molecule has 1 atom stereocenters. The van der Waals surface area contributed by atoms with Gasteiger partial charge < -0.3 is 20.5 Å². The van der Waals surface area contributed by atoms with Gasteiger partial charge in [0.25, 0.3) is 0 Å². The summed E-state index contributed by atoms with van der Waals surface area (Å²) in [6, 6.07) is 7.69. The number of nitrogens with zero attached hydrogens (tertiary/aromatic N) is 1.